The zero-order chi connectivity index (χ0) is 10.3. The lowest BCUT2D eigenvalue weighted by Crippen LogP contribution is -2.22. The molecule has 0 saturated carbocycles. The van der Waals surface area contributed by atoms with Gasteiger partial charge in [0.25, 0.3) is 0 Å². The van der Waals surface area contributed by atoms with E-state index in [1.54, 1.807) is 0 Å². The minimum absolute atomic E-state index is 0.0461. The van der Waals surface area contributed by atoms with Gasteiger partial charge in [0.05, 0.1) is 0 Å². The van der Waals surface area contributed by atoms with Gasteiger partial charge in [-0.25, -0.2) is 0 Å². The number of hydrogen-bond acceptors (Lipinski definition) is 1. The lowest BCUT2D eigenvalue weighted by molar-refractivity contribution is -0.113. The molecule has 0 radical (unpaired) electrons. The molecule has 0 N–H and O–H groups in total. The summed E-state index contributed by atoms with van der Waals surface area (Å²) in [6.45, 7) is 10.1. The number of rotatable bonds is 7. The summed E-state index contributed by atoms with van der Waals surface area (Å²) < 4.78 is 0. The van der Waals surface area contributed by atoms with Crippen LogP contribution in [0.1, 0.15) is 46.5 Å². The third-order valence-corrected chi connectivity index (χ3v) is 2.76. The Morgan fingerprint density at radius 2 is 2.00 bits per heavy atom. The molecule has 0 aromatic carbocycles. The van der Waals surface area contributed by atoms with Gasteiger partial charge >= 0.3 is 0 Å². The van der Waals surface area contributed by atoms with Crippen molar-refractivity contribution in [3.05, 3.63) is 12.7 Å². The van der Waals surface area contributed by atoms with E-state index < -0.39 is 0 Å². The van der Waals surface area contributed by atoms with Crippen LogP contribution in [0, 0.1) is 11.3 Å². The molecule has 0 bridgehead atoms. The van der Waals surface area contributed by atoms with Gasteiger partial charge in [-0.2, -0.15) is 0 Å². The Morgan fingerprint density at radius 1 is 1.38 bits per heavy atom. The number of allylic oxidation sites excluding steroid dienone is 1. The summed E-state index contributed by atoms with van der Waals surface area (Å²) in [5, 5.41) is 0. The highest BCUT2D eigenvalue weighted by Gasteiger charge is 2.24. The van der Waals surface area contributed by atoms with Gasteiger partial charge in [-0.3, -0.25) is 0 Å². The minimum atomic E-state index is -0.0461. The zero-order valence-electron chi connectivity index (χ0n) is 9.18. The summed E-state index contributed by atoms with van der Waals surface area (Å²) >= 11 is 0. The van der Waals surface area contributed by atoms with Gasteiger partial charge in [-0.05, 0) is 11.8 Å². The van der Waals surface area contributed by atoms with Crippen LogP contribution in [0.5, 0.6) is 0 Å². The number of aldehydes is 1. The first-order valence-corrected chi connectivity index (χ1v) is 5.17. The van der Waals surface area contributed by atoms with Crippen molar-refractivity contribution >= 4 is 6.29 Å². The van der Waals surface area contributed by atoms with Crippen LogP contribution in [-0.4, -0.2) is 6.29 Å². The Hall–Kier alpha value is -0.590. The van der Waals surface area contributed by atoms with E-state index in [0.717, 1.165) is 19.1 Å². The van der Waals surface area contributed by atoms with Gasteiger partial charge in [0, 0.05) is 5.92 Å². The molecule has 0 aliphatic rings. The monoisotopic (exact) mass is 182 g/mol. The smallest absolute Gasteiger partial charge is 0.123 e. The van der Waals surface area contributed by atoms with Crippen LogP contribution in [0.3, 0.4) is 0 Å². The van der Waals surface area contributed by atoms with Crippen molar-refractivity contribution in [3.63, 3.8) is 0 Å². The fraction of sp³-hybridized carbons (Fsp3) is 0.750. The molecule has 0 aliphatic carbocycles. The first-order chi connectivity index (χ1) is 6.08. The van der Waals surface area contributed by atoms with Gasteiger partial charge in [-0.1, -0.05) is 46.1 Å². The second kappa shape index (κ2) is 5.95. The first kappa shape index (κ1) is 12.4. The van der Waals surface area contributed by atoms with Crippen LogP contribution in [0.4, 0.5) is 0 Å². The quantitative estimate of drug-likeness (QED) is 0.334. The molecule has 76 valence electrons. The van der Waals surface area contributed by atoms with Crippen LogP contribution >= 0.6 is 0 Å². The van der Waals surface area contributed by atoms with E-state index in [-0.39, 0.29) is 11.3 Å². The van der Waals surface area contributed by atoms with Gasteiger partial charge in [0.1, 0.15) is 6.29 Å². The lowest BCUT2D eigenvalue weighted by atomic mass is 9.77. The number of carbonyl (C=O) groups is 1. The molecule has 1 unspecified atom stereocenters. The Balaban J connectivity index is 4.02. The van der Waals surface area contributed by atoms with Crippen molar-refractivity contribution in [1.82, 2.24) is 0 Å². The minimum Gasteiger partial charge on any atom is -0.303 e. The summed E-state index contributed by atoms with van der Waals surface area (Å²) in [6, 6.07) is 0. The summed E-state index contributed by atoms with van der Waals surface area (Å²) in [5.74, 6) is 0.136. The molecule has 0 aromatic rings. The molecule has 0 amide bonds. The first-order valence-electron chi connectivity index (χ1n) is 5.17. The molecule has 1 atom stereocenters. The zero-order valence-corrected chi connectivity index (χ0v) is 9.18. The normalized spacial score (nSPS) is 13.8. The molecular formula is C12H22O. The molecular weight excluding hydrogens is 160 g/mol. The molecule has 0 aromatic heterocycles. The summed E-state index contributed by atoms with van der Waals surface area (Å²) in [6.07, 6.45) is 7.54. The Morgan fingerprint density at radius 3 is 2.38 bits per heavy atom. The molecule has 1 nitrogen and oxygen atoms in total. The van der Waals surface area contributed by atoms with Crippen LogP contribution in [-0.2, 0) is 4.79 Å². The fourth-order valence-corrected chi connectivity index (χ4v) is 1.38. The Bertz CT molecular complexity index is 159. The van der Waals surface area contributed by atoms with Crippen molar-refractivity contribution in [1.29, 1.82) is 0 Å². The highest BCUT2D eigenvalue weighted by molar-refractivity contribution is 5.55. The van der Waals surface area contributed by atoms with Crippen LogP contribution < -0.4 is 0 Å². The fourth-order valence-electron chi connectivity index (χ4n) is 1.38. The maximum absolute atomic E-state index is 10.9. The standard InChI is InChI=1S/C12H22O/c1-5-7-8-9-11(10-13)12(3,4)6-2/h6,10-11H,2,5,7-9H2,1,3-4H3. The number of hydrogen-bond donors (Lipinski definition) is 0. The van der Waals surface area contributed by atoms with Crippen molar-refractivity contribution in [3.8, 4) is 0 Å². The van der Waals surface area contributed by atoms with Gasteiger partial charge in [0.2, 0.25) is 0 Å². The molecule has 0 spiro atoms. The third kappa shape index (κ3) is 4.25. The maximum Gasteiger partial charge on any atom is 0.123 e. The van der Waals surface area contributed by atoms with Crippen molar-refractivity contribution in [2.45, 2.75) is 46.5 Å². The SMILES string of the molecule is C=CC(C)(C)C(C=O)CCCCC. The molecule has 0 heterocycles. The van der Waals surface area contributed by atoms with Crippen molar-refractivity contribution in [2.75, 3.05) is 0 Å². The Labute approximate surface area is 82.2 Å². The van der Waals surface area contributed by atoms with E-state index >= 15 is 0 Å². The van der Waals surface area contributed by atoms with E-state index in [1.807, 2.05) is 6.08 Å². The molecule has 0 aliphatic heterocycles. The molecule has 0 fully saturated rings. The second-order valence-electron chi connectivity index (χ2n) is 4.26. The van der Waals surface area contributed by atoms with Gasteiger partial charge in [-0.15, -0.1) is 6.58 Å². The van der Waals surface area contributed by atoms with Crippen LogP contribution in [0.25, 0.3) is 0 Å². The molecule has 0 saturated heterocycles. The largest absolute Gasteiger partial charge is 0.303 e. The van der Waals surface area contributed by atoms with Gasteiger partial charge < -0.3 is 4.79 Å². The number of carbonyl (C=O) groups excluding carboxylic acids is 1. The summed E-state index contributed by atoms with van der Waals surface area (Å²) in [5.41, 5.74) is -0.0461. The van der Waals surface area contributed by atoms with E-state index in [4.69, 9.17) is 0 Å². The average Bonchev–Trinajstić information content (AvgIpc) is 2.12. The third-order valence-electron chi connectivity index (χ3n) is 2.76. The number of unbranched alkanes of at least 4 members (excludes halogenated alkanes) is 2. The van der Waals surface area contributed by atoms with Crippen LogP contribution in [0.2, 0.25) is 0 Å². The van der Waals surface area contributed by atoms with Crippen molar-refractivity contribution < 1.29 is 4.79 Å². The lowest BCUT2D eigenvalue weighted by Gasteiger charge is -2.26. The van der Waals surface area contributed by atoms with E-state index in [2.05, 4.69) is 27.4 Å². The predicted molar refractivity (Wildman–Crippen MR) is 57.7 cm³/mol. The highest BCUT2D eigenvalue weighted by Crippen LogP contribution is 2.30. The summed E-state index contributed by atoms with van der Waals surface area (Å²) in [7, 11) is 0. The van der Waals surface area contributed by atoms with Gasteiger partial charge in [0.15, 0.2) is 0 Å². The van der Waals surface area contributed by atoms with Crippen molar-refractivity contribution in [2.24, 2.45) is 11.3 Å². The summed E-state index contributed by atoms with van der Waals surface area (Å²) in [4.78, 5) is 10.9. The molecule has 1 heteroatoms. The highest BCUT2D eigenvalue weighted by atomic mass is 16.1. The molecule has 13 heavy (non-hydrogen) atoms. The average molecular weight is 182 g/mol. The maximum atomic E-state index is 10.9. The second-order valence-corrected chi connectivity index (χ2v) is 4.26. The topological polar surface area (TPSA) is 17.1 Å². The van der Waals surface area contributed by atoms with Crippen LogP contribution in [0.15, 0.2) is 12.7 Å². The van der Waals surface area contributed by atoms with E-state index in [9.17, 15) is 4.79 Å². The predicted octanol–water partition coefficient (Wildman–Crippen LogP) is 3.59. The molecule has 0 rings (SSSR count). The Kier molecular flexibility index (Phi) is 5.68. The van der Waals surface area contributed by atoms with E-state index in [1.165, 1.54) is 12.8 Å². The van der Waals surface area contributed by atoms with E-state index in [0.29, 0.717) is 0 Å².